The third-order valence-electron chi connectivity index (χ3n) is 5.17. The summed E-state index contributed by atoms with van der Waals surface area (Å²) in [5.41, 5.74) is 0.306. The van der Waals surface area contributed by atoms with Gasteiger partial charge in [0, 0.05) is 30.2 Å². The van der Waals surface area contributed by atoms with Gasteiger partial charge < -0.3 is 14.8 Å². The van der Waals surface area contributed by atoms with Gasteiger partial charge in [0.25, 0.3) is 0 Å². The summed E-state index contributed by atoms with van der Waals surface area (Å²) in [4.78, 5) is 4.02. The van der Waals surface area contributed by atoms with Gasteiger partial charge in [-0.2, -0.15) is 13.2 Å². The molecule has 0 atom stereocenters. The fourth-order valence-electron chi connectivity index (χ4n) is 3.70. The Morgan fingerprint density at radius 1 is 1.09 bits per heavy atom. The van der Waals surface area contributed by atoms with E-state index in [0.717, 1.165) is 7.05 Å². The van der Waals surface area contributed by atoms with Crippen molar-refractivity contribution in [1.82, 2.24) is 9.55 Å². The van der Waals surface area contributed by atoms with Crippen molar-refractivity contribution in [2.45, 2.75) is 12.7 Å². The Kier molecular flexibility index (Phi) is 5.35. The van der Waals surface area contributed by atoms with Crippen LogP contribution < -0.4 is 4.31 Å². The Morgan fingerprint density at radius 2 is 1.76 bits per heavy atom. The van der Waals surface area contributed by atoms with Crippen molar-refractivity contribution in [2.24, 2.45) is 0 Å². The van der Waals surface area contributed by atoms with Crippen LogP contribution in [-0.2, 0) is 16.6 Å². The third kappa shape index (κ3) is 4.13. The molecule has 2 aromatic carbocycles. The minimum Gasteiger partial charge on any atom is -0.505 e. The van der Waals surface area contributed by atoms with Gasteiger partial charge in [-0.3, -0.25) is 9.29 Å². The van der Waals surface area contributed by atoms with Crippen LogP contribution in [-0.4, -0.2) is 47.2 Å². The Labute approximate surface area is 185 Å². The predicted molar refractivity (Wildman–Crippen MR) is 114 cm³/mol. The molecule has 0 fully saturated rings. The van der Waals surface area contributed by atoms with Crippen molar-refractivity contribution in [3.05, 3.63) is 60.2 Å². The average Bonchev–Trinajstić information content (AvgIpc) is 3.04. The summed E-state index contributed by atoms with van der Waals surface area (Å²) in [6, 6.07) is 8.22. The molecule has 0 bridgehead atoms. The summed E-state index contributed by atoms with van der Waals surface area (Å²) >= 11 is 0. The van der Waals surface area contributed by atoms with E-state index in [1.807, 2.05) is 0 Å². The molecule has 0 aliphatic heterocycles. The quantitative estimate of drug-likeness (QED) is 0.417. The molecule has 7 nitrogen and oxygen atoms in total. The number of phenols is 1. The summed E-state index contributed by atoms with van der Waals surface area (Å²) in [6.07, 6.45) is -2.35. The first-order chi connectivity index (χ1) is 15.4. The highest BCUT2D eigenvalue weighted by molar-refractivity contribution is 7.92. The van der Waals surface area contributed by atoms with E-state index in [4.69, 9.17) is 0 Å². The third-order valence-corrected chi connectivity index (χ3v) is 6.88. The highest BCUT2D eigenvalue weighted by Gasteiger charge is 2.38. The van der Waals surface area contributed by atoms with Crippen molar-refractivity contribution in [1.29, 1.82) is 0 Å². The molecule has 4 rings (SSSR count). The lowest BCUT2D eigenvalue weighted by Gasteiger charge is -2.23. The molecule has 174 valence electrons. The minimum atomic E-state index is -4.98. The van der Waals surface area contributed by atoms with Crippen LogP contribution in [0, 0.1) is 5.82 Å². The van der Waals surface area contributed by atoms with Gasteiger partial charge in [0.2, 0.25) is 15.9 Å². The van der Waals surface area contributed by atoms with Crippen LogP contribution in [0.4, 0.5) is 23.2 Å². The molecule has 0 amide bonds. The maximum absolute atomic E-state index is 13.2. The molecule has 12 heteroatoms. The van der Waals surface area contributed by atoms with Crippen LogP contribution in [0.3, 0.4) is 0 Å². The topological polar surface area (TPSA) is 95.7 Å². The number of hydrogen-bond donors (Lipinski definition) is 2. The number of anilines is 1. The van der Waals surface area contributed by atoms with Gasteiger partial charge in [0.15, 0.2) is 11.5 Å². The van der Waals surface area contributed by atoms with E-state index in [1.165, 1.54) is 53.4 Å². The molecule has 0 unspecified atom stereocenters. The second kappa shape index (κ2) is 7.80. The first-order valence-corrected chi connectivity index (χ1v) is 11.1. The van der Waals surface area contributed by atoms with Crippen molar-refractivity contribution in [2.75, 3.05) is 17.1 Å². The maximum atomic E-state index is 13.2. The monoisotopic (exact) mass is 483 g/mol. The van der Waals surface area contributed by atoms with Gasteiger partial charge >= 0.3 is 6.18 Å². The maximum Gasteiger partial charge on any atom is 0.404 e. The van der Waals surface area contributed by atoms with Gasteiger partial charge in [-0.15, -0.1) is 0 Å². The number of nitrogens with zero attached hydrogens (tertiary/aromatic N) is 3. The molecule has 2 heterocycles. The lowest BCUT2D eigenvalue weighted by Crippen LogP contribution is -2.35. The predicted octanol–water partition coefficient (Wildman–Crippen LogP) is 4.12. The fourth-order valence-corrected chi connectivity index (χ4v) is 4.78. The number of halogens is 4. The van der Waals surface area contributed by atoms with Crippen LogP contribution in [0.15, 0.2) is 48.8 Å². The number of benzene rings is 2. The number of pyridine rings is 1. The van der Waals surface area contributed by atoms with Gasteiger partial charge in [0.1, 0.15) is 11.3 Å². The Balaban J connectivity index is 1.98. The highest BCUT2D eigenvalue weighted by Crippen LogP contribution is 2.46. The van der Waals surface area contributed by atoms with Crippen LogP contribution >= 0.6 is 0 Å². The molecule has 0 saturated carbocycles. The summed E-state index contributed by atoms with van der Waals surface area (Å²) in [5.74, 6) is -3.47. The summed E-state index contributed by atoms with van der Waals surface area (Å²) in [7, 11) is -3.90. The number of aromatic hydroxyl groups is 2. The molecule has 2 N–H and O–H groups in total. The Morgan fingerprint density at radius 3 is 2.39 bits per heavy atom. The smallest absolute Gasteiger partial charge is 0.404 e. The fraction of sp³-hybridized carbons (Fsp3) is 0.190. The van der Waals surface area contributed by atoms with E-state index in [-0.39, 0.29) is 33.9 Å². The molecule has 4 aromatic rings. The standard InChI is InChI=1S/C21H17F4N3O4S/c1-27(33(31,32)11-21(23,24)25)18-14-3-2-8-26-17(14)19(29)16-15(18)10-28(20(16)30)9-12-4-6-13(22)7-5-12/h2-8,10,29-30H,9,11H2,1H3. The van der Waals surface area contributed by atoms with E-state index < -0.39 is 39.4 Å². The summed E-state index contributed by atoms with van der Waals surface area (Å²) in [6.45, 7) is 0.0163. The molecule has 2 aromatic heterocycles. The van der Waals surface area contributed by atoms with E-state index in [2.05, 4.69) is 4.98 Å². The number of alkyl halides is 3. The van der Waals surface area contributed by atoms with Crippen molar-refractivity contribution in [3.8, 4) is 11.6 Å². The molecular formula is C21H17F4N3O4S. The lowest BCUT2D eigenvalue weighted by atomic mass is 10.1. The van der Waals surface area contributed by atoms with Gasteiger partial charge in [-0.1, -0.05) is 12.1 Å². The zero-order chi connectivity index (χ0) is 24.1. The molecule has 0 radical (unpaired) electrons. The lowest BCUT2D eigenvalue weighted by molar-refractivity contribution is -0.106. The van der Waals surface area contributed by atoms with E-state index in [9.17, 15) is 36.2 Å². The Hall–Kier alpha value is -3.54. The van der Waals surface area contributed by atoms with E-state index in [1.54, 1.807) is 0 Å². The zero-order valence-electron chi connectivity index (χ0n) is 17.0. The molecule has 0 spiro atoms. The number of sulfonamides is 1. The molecular weight excluding hydrogens is 466 g/mol. The number of rotatable bonds is 5. The van der Waals surface area contributed by atoms with Gasteiger partial charge in [0.05, 0.1) is 17.6 Å². The van der Waals surface area contributed by atoms with Gasteiger partial charge in [-0.05, 0) is 29.8 Å². The van der Waals surface area contributed by atoms with Crippen LogP contribution in [0.5, 0.6) is 11.6 Å². The van der Waals surface area contributed by atoms with Gasteiger partial charge in [-0.25, -0.2) is 12.8 Å². The van der Waals surface area contributed by atoms with Crippen molar-refractivity contribution in [3.63, 3.8) is 0 Å². The summed E-state index contributed by atoms with van der Waals surface area (Å²) < 4.78 is 78.9. The molecule has 0 aliphatic carbocycles. The second-order valence-electron chi connectivity index (χ2n) is 7.43. The number of aromatic nitrogens is 2. The van der Waals surface area contributed by atoms with Crippen LogP contribution in [0.2, 0.25) is 0 Å². The summed E-state index contributed by atoms with van der Waals surface area (Å²) in [5, 5.41) is 21.5. The number of phenolic OH excluding ortho intramolecular Hbond substituents is 1. The first-order valence-electron chi connectivity index (χ1n) is 9.48. The van der Waals surface area contributed by atoms with Crippen molar-refractivity contribution >= 4 is 37.4 Å². The number of fused-ring (bicyclic) bond motifs is 2. The van der Waals surface area contributed by atoms with Crippen LogP contribution in [0.1, 0.15) is 5.56 Å². The molecule has 0 saturated heterocycles. The average molecular weight is 483 g/mol. The van der Waals surface area contributed by atoms with E-state index >= 15 is 0 Å². The second-order valence-corrected chi connectivity index (χ2v) is 9.43. The normalized spacial score (nSPS) is 12.5. The first kappa shape index (κ1) is 22.6. The SMILES string of the molecule is CN(c1c2cccnc2c(O)c2c(O)n(Cc3ccc(F)cc3)cc12)S(=O)(=O)CC(F)(F)F. The highest BCUT2D eigenvalue weighted by atomic mass is 32.2. The molecule has 33 heavy (non-hydrogen) atoms. The zero-order valence-corrected chi connectivity index (χ0v) is 17.8. The van der Waals surface area contributed by atoms with Crippen molar-refractivity contribution < 1.29 is 36.2 Å². The Bertz CT molecular complexity index is 1470. The largest absolute Gasteiger partial charge is 0.505 e. The molecule has 0 aliphatic rings. The number of hydrogen-bond acceptors (Lipinski definition) is 5. The van der Waals surface area contributed by atoms with E-state index in [0.29, 0.717) is 9.87 Å². The van der Waals surface area contributed by atoms with Crippen LogP contribution in [0.25, 0.3) is 21.7 Å². The minimum absolute atomic E-state index is 0.000797.